The predicted octanol–water partition coefficient (Wildman–Crippen LogP) is 1.66. The number of benzene rings is 1. The first-order valence-corrected chi connectivity index (χ1v) is 12.8. The van der Waals surface area contributed by atoms with E-state index in [-0.39, 0.29) is 16.7 Å². The van der Waals surface area contributed by atoms with Crippen LogP contribution in [-0.4, -0.2) is 73.9 Å². The molecule has 1 aromatic carbocycles. The Kier molecular flexibility index (Phi) is 7.76. The Morgan fingerprint density at radius 3 is 2.38 bits per heavy atom. The normalized spacial score (nSPS) is 17.8. The van der Waals surface area contributed by atoms with Crippen LogP contribution in [0, 0.1) is 5.92 Å². The van der Waals surface area contributed by atoms with Crippen molar-refractivity contribution in [2.45, 2.75) is 24.3 Å². The molecule has 0 spiro atoms. The first kappa shape index (κ1) is 24.1. The Morgan fingerprint density at radius 1 is 1.03 bits per heavy atom. The summed E-state index contributed by atoms with van der Waals surface area (Å²) in [6, 6.07) is 9.34. The molecule has 3 amide bonds. The molecule has 2 N–H and O–H groups in total. The van der Waals surface area contributed by atoms with Crippen molar-refractivity contribution in [2.75, 3.05) is 44.7 Å². The van der Waals surface area contributed by atoms with E-state index < -0.39 is 16.1 Å². The van der Waals surface area contributed by atoms with Crippen molar-refractivity contribution in [1.29, 1.82) is 0 Å². The van der Waals surface area contributed by atoms with Crippen molar-refractivity contribution in [3.8, 4) is 0 Å². The highest BCUT2D eigenvalue weighted by molar-refractivity contribution is 7.89. The molecule has 2 aromatic rings. The summed E-state index contributed by atoms with van der Waals surface area (Å²) >= 11 is 0. The van der Waals surface area contributed by atoms with E-state index in [1.54, 1.807) is 30.6 Å². The zero-order valence-corrected chi connectivity index (χ0v) is 19.7. The minimum absolute atomic E-state index is 0.0950. The van der Waals surface area contributed by atoms with Crippen LogP contribution in [0.3, 0.4) is 0 Å². The standard InChI is InChI=1S/C23H29N5O5S/c29-22(27-12-14-33-15-13-27)19-7-10-28(11-8-19)34(31,32)21-5-3-20(4-6-21)26-23(30)25-17-18-2-1-9-24-16-18/h1-6,9,16,19H,7-8,10-15,17H2,(H2,25,26,30). The maximum atomic E-state index is 13.1. The van der Waals surface area contributed by atoms with Crippen molar-refractivity contribution in [1.82, 2.24) is 19.5 Å². The van der Waals surface area contributed by atoms with Crippen molar-refractivity contribution < 1.29 is 22.7 Å². The molecule has 2 fully saturated rings. The first-order chi connectivity index (χ1) is 16.4. The summed E-state index contributed by atoms with van der Waals surface area (Å²) in [6.07, 6.45) is 4.34. The number of urea groups is 1. The minimum atomic E-state index is -3.67. The van der Waals surface area contributed by atoms with E-state index in [0.717, 1.165) is 5.56 Å². The molecule has 3 heterocycles. The number of nitrogens with zero attached hydrogens (tertiary/aromatic N) is 3. The molecule has 0 unspecified atom stereocenters. The molecular weight excluding hydrogens is 458 g/mol. The predicted molar refractivity (Wildman–Crippen MR) is 125 cm³/mol. The van der Waals surface area contributed by atoms with Gasteiger partial charge in [-0.1, -0.05) is 6.07 Å². The van der Waals surface area contributed by atoms with Crippen molar-refractivity contribution in [3.05, 3.63) is 54.4 Å². The lowest BCUT2D eigenvalue weighted by atomic mass is 9.96. The summed E-state index contributed by atoms with van der Waals surface area (Å²) < 4.78 is 32.9. The van der Waals surface area contributed by atoms with Gasteiger partial charge in [0.2, 0.25) is 15.9 Å². The number of carbonyl (C=O) groups is 2. The van der Waals surface area contributed by atoms with E-state index >= 15 is 0 Å². The summed E-state index contributed by atoms with van der Waals surface area (Å²) in [6.45, 7) is 3.24. The van der Waals surface area contributed by atoms with Gasteiger partial charge >= 0.3 is 6.03 Å². The molecule has 182 valence electrons. The average Bonchev–Trinajstić information content (AvgIpc) is 2.88. The molecule has 0 saturated carbocycles. The Hall–Kier alpha value is -3.02. The van der Waals surface area contributed by atoms with Crippen LogP contribution in [0.1, 0.15) is 18.4 Å². The molecule has 2 saturated heterocycles. The number of amides is 3. The third-order valence-corrected chi connectivity index (χ3v) is 7.96. The highest BCUT2D eigenvalue weighted by Gasteiger charge is 2.34. The minimum Gasteiger partial charge on any atom is -0.378 e. The number of nitrogens with one attached hydrogen (secondary N) is 2. The summed E-state index contributed by atoms with van der Waals surface area (Å²) in [5.41, 5.74) is 1.35. The molecular formula is C23H29N5O5S. The van der Waals surface area contributed by atoms with Crippen LogP contribution in [0.15, 0.2) is 53.7 Å². The van der Waals surface area contributed by atoms with E-state index in [1.807, 2.05) is 11.0 Å². The van der Waals surface area contributed by atoms with Crippen molar-refractivity contribution >= 4 is 27.6 Å². The summed E-state index contributed by atoms with van der Waals surface area (Å²) in [5.74, 6) is -0.0566. The molecule has 0 bridgehead atoms. The van der Waals surface area contributed by atoms with Gasteiger partial charge in [-0.05, 0) is 48.7 Å². The molecule has 0 aliphatic carbocycles. The number of carbonyl (C=O) groups excluding carboxylic acids is 2. The van der Waals surface area contributed by atoms with E-state index in [2.05, 4.69) is 15.6 Å². The van der Waals surface area contributed by atoms with Gasteiger partial charge in [0.05, 0.1) is 18.1 Å². The summed E-state index contributed by atoms with van der Waals surface area (Å²) in [4.78, 5) is 30.8. The molecule has 1 aromatic heterocycles. The smallest absolute Gasteiger partial charge is 0.319 e. The Balaban J connectivity index is 1.29. The fourth-order valence-corrected chi connectivity index (χ4v) is 5.57. The van der Waals surface area contributed by atoms with Gasteiger partial charge < -0.3 is 20.3 Å². The van der Waals surface area contributed by atoms with Gasteiger partial charge in [-0.3, -0.25) is 9.78 Å². The molecule has 2 aliphatic heterocycles. The molecule has 4 rings (SSSR count). The lowest BCUT2D eigenvalue weighted by molar-refractivity contribution is -0.140. The highest BCUT2D eigenvalue weighted by Crippen LogP contribution is 2.26. The van der Waals surface area contributed by atoms with Gasteiger partial charge in [0.25, 0.3) is 0 Å². The number of sulfonamides is 1. The summed E-state index contributed by atoms with van der Waals surface area (Å²) in [5, 5.41) is 5.42. The van der Waals surface area contributed by atoms with Crippen LogP contribution in [0.5, 0.6) is 0 Å². The third kappa shape index (κ3) is 5.91. The fourth-order valence-electron chi connectivity index (χ4n) is 4.10. The summed E-state index contributed by atoms with van der Waals surface area (Å²) in [7, 11) is -3.67. The van der Waals surface area contributed by atoms with Crippen LogP contribution < -0.4 is 10.6 Å². The Bertz CT molecular complexity index is 1080. The Morgan fingerprint density at radius 2 is 1.74 bits per heavy atom. The maximum Gasteiger partial charge on any atom is 0.319 e. The van der Waals surface area contributed by atoms with Gasteiger partial charge in [0, 0.05) is 56.7 Å². The van der Waals surface area contributed by atoms with Gasteiger partial charge in [-0.15, -0.1) is 0 Å². The molecule has 11 heteroatoms. The molecule has 0 radical (unpaired) electrons. The van der Waals surface area contributed by atoms with Gasteiger partial charge in [0.1, 0.15) is 0 Å². The van der Waals surface area contributed by atoms with E-state index in [0.29, 0.717) is 64.5 Å². The fraction of sp³-hybridized carbons (Fsp3) is 0.435. The number of hydrogen-bond acceptors (Lipinski definition) is 6. The van der Waals surface area contributed by atoms with E-state index in [1.165, 1.54) is 16.4 Å². The number of ether oxygens (including phenoxy) is 1. The van der Waals surface area contributed by atoms with Crippen LogP contribution in [0.2, 0.25) is 0 Å². The number of pyridine rings is 1. The zero-order valence-electron chi connectivity index (χ0n) is 18.9. The van der Waals surface area contributed by atoms with Crippen LogP contribution >= 0.6 is 0 Å². The van der Waals surface area contributed by atoms with Crippen LogP contribution in [-0.2, 0) is 26.1 Å². The molecule has 2 aliphatic rings. The van der Waals surface area contributed by atoms with E-state index in [4.69, 9.17) is 4.74 Å². The number of aromatic nitrogens is 1. The number of hydrogen-bond donors (Lipinski definition) is 2. The number of morpholine rings is 1. The molecule has 0 atom stereocenters. The van der Waals surface area contributed by atoms with Gasteiger partial charge in [-0.25, -0.2) is 13.2 Å². The van der Waals surface area contributed by atoms with Crippen molar-refractivity contribution in [3.63, 3.8) is 0 Å². The first-order valence-electron chi connectivity index (χ1n) is 11.3. The SMILES string of the molecule is O=C(NCc1cccnc1)Nc1ccc(S(=O)(=O)N2CCC(C(=O)N3CCOCC3)CC2)cc1. The zero-order chi connectivity index (χ0) is 24.0. The van der Waals surface area contributed by atoms with Crippen LogP contribution in [0.4, 0.5) is 10.5 Å². The van der Waals surface area contributed by atoms with E-state index in [9.17, 15) is 18.0 Å². The topological polar surface area (TPSA) is 121 Å². The highest BCUT2D eigenvalue weighted by atomic mass is 32.2. The second kappa shape index (κ2) is 10.9. The van der Waals surface area contributed by atoms with Gasteiger partial charge in [0.15, 0.2) is 0 Å². The molecule has 10 nitrogen and oxygen atoms in total. The lowest BCUT2D eigenvalue weighted by Gasteiger charge is -2.35. The second-order valence-electron chi connectivity index (χ2n) is 8.31. The largest absolute Gasteiger partial charge is 0.378 e. The Labute approximate surface area is 199 Å². The molecule has 34 heavy (non-hydrogen) atoms. The van der Waals surface area contributed by atoms with Gasteiger partial charge in [-0.2, -0.15) is 4.31 Å². The number of rotatable bonds is 6. The quantitative estimate of drug-likeness (QED) is 0.639. The van der Waals surface area contributed by atoms with Crippen molar-refractivity contribution in [2.24, 2.45) is 5.92 Å². The number of anilines is 1. The number of piperidine rings is 1. The average molecular weight is 488 g/mol. The lowest BCUT2D eigenvalue weighted by Crippen LogP contribution is -2.47. The van der Waals surface area contributed by atoms with Crippen LogP contribution in [0.25, 0.3) is 0 Å². The monoisotopic (exact) mass is 487 g/mol. The second-order valence-corrected chi connectivity index (χ2v) is 10.2. The maximum absolute atomic E-state index is 13.1. The third-order valence-electron chi connectivity index (χ3n) is 6.05.